The molecule has 0 aromatic carbocycles. The van der Waals surface area contributed by atoms with Crippen LogP contribution in [0.25, 0.3) is 0 Å². The number of halogens is 1. The normalized spacial score (nSPS) is 24.0. The van der Waals surface area contributed by atoms with Crippen molar-refractivity contribution in [3.63, 3.8) is 0 Å². The average Bonchev–Trinajstić information content (AvgIpc) is 3.19. The molecule has 4 heterocycles. The molecule has 0 aliphatic carbocycles. The lowest BCUT2D eigenvalue weighted by atomic mass is 10.0. The highest BCUT2D eigenvalue weighted by molar-refractivity contribution is 7.89. The van der Waals surface area contributed by atoms with E-state index in [0.717, 1.165) is 0 Å². The Morgan fingerprint density at radius 1 is 1.30 bits per heavy atom. The van der Waals surface area contributed by atoms with Crippen molar-refractivity contribution in [2.75, 3.05) is 37.7 Å². The molecule has 2 aliphatic heterocycles. The first-order valence-corrected chi connectivity index (χ1v) is 10.2. The van der Waals surface area contributed by atoms with Crippen molar-refractivity contribution in [2.24, 2.45) is 7.05 Å². The third-order valence-electron chi connectivity index (χ3n) is 5.18. The molecule has 1 spiro atoms. The van der Waals surface area contributed by atoms with E-state index in [1.165, 1.54) is 15.2 Å². The van der Waals surface area contributed by atoms with Gasteiger partial charge in [0.15, 0.2) is 10.8 Å². The second-order valence-corrected chi connectivity index (χ2v) is 9.00. The third-order valence-corrected chi connectivity index (χ3v) is 7.09. The number of hydrogen-bond acceptors (Lipinski definition) is 6. The Kier molecular flexibility index (Phi) is 4.44. The number of rotatable bonds is 3. The predicted molar refractivity (Wildman–Crippen MR) is 96.4 cm³/mol. The summed E-state index contributed by atoms with van der Waals surface area (Å²) in [7, 11) is -2.05. The van der Waals surface area contributed by atoms with E-state index in [9.17, 15) is 12.8 Å². The summed E-state index contributed by atoms with van der Waals surface area (Å²) >= 11 is 0. The first-order valence-electron chi connectivity index (χ1n) is 8.80. The smallest absolute Gasteiger partial charge is 0.260 e. The van der Waals surface area contributed by atoms with Crippen molar-refractivity contribution >= 4 is 15.7 Å². The van der Waals surface area contributed by atoms with Gasteiger partial charge in [0.05, 0.1) is 24.2 Å². The average molecular weight is 395 g/mol. The Morgan fingerprint density at radius 2 is 2.11 bits per heavy atom. The summed E-state index contributed by atoms with van der Waals surface area (Å²) in [4.78, 5) is 5.67. The number of aromatic nitrogens is 3. The number of aryl methyl sites for hydroxylation is 2. The summed E-state index contributed by atoms with van der Waals surface area (Å²) in [5.41, 5.74) is 0.473. The summed E-state index contributed by atoms with van der Waals surface area (Å²) < 4.78 is 49.1. The number of morpholine rings is 1. The lowest BCUT2D eigenvalue weighted by molar-refractivity contribution is -0.0743. The number of pyridine rings is 1. The zero-order valence-corrected chi connectivity index (χ0v) is 16.1. The van der Waals surface area contributed by atoms with Crippen LogP contribution in [-0.2, 0) is 21.8 Å². The zero-order valence-electron chi connectivity index (χ0n) is 15.3. The molecule has 0 amide bonds. The lowest BCUT2D eigenvalue weighted by Crippen LogP contribution is -2.55. The van der Waals surface area contributed by atoms with Gasteiger partial charge in [0.1, 0.15) is 5.60 Å². The van der Waals surface area contributed by atoms with Crippen molar-refractivity contribution in [3.8, 4) is 0 Å². The van der Waals surface area contributed by atoms with E-state index in [1.807, 2.05) is 4.90 Å². The van der Waals surface area contributed by atoms with Crippen LogP contribution in [0.2, 0.25) is 0 Å². The fourth-order valence-corrected chi connectivity index (χ4v) is 5.58. The molecule has 0 saturated carbocycles. The molecule has 146 valence electrons. The maximum atomic E-state index is 14.1. The SMILES string of the molecule is Cc1cc(S(=O)(=O)N2CCOC3(CCN(c4ccncc4F)C3)C2)n(C)n1. The van der Waals surface area contributed by atoms with Crippen LogP contribution in [0.1, 0.15) is 12.1 Å². The van der Waals surface area contributed by atoms with Gasteiger partial charge in [-0.3, -0.25) is 9.67 Å². The van der Waals surface area contributed by atoms with Crippen molar-refractivity contribution in [3.05, 3.63) is 36.0 Å². The van der Waals surface area contributed by atoms with Crippen LogP contribution in [0.4, 0.5) is 10.1 Å². The molecule has 2 fully saturated rings. The highest BCUT2D eigenvalue weighted by Crippen LogP contribution is 2.34. The number of sulfonamides is 1. The summed E-state index contributed by atoms with van der Waals surface area (Å²) in [5, 5.41) is 4.32. The molecular formula is C17H22FN5O3S. The first kappa shape index (κ1) is 18.3. The highest BCUT2D eigenvalue weighted by atomic mass is 32.2. The van der Waals surface area contributed by atoms with Crippen molar-refractivity contribution in [1.29, 1.82) is 0 Å². The molecule has 8 nitrogen and oxygen atoms in total. The van der Waals surface area contributed by atoms with Gasteiger partial charge in [0, 0.05) is 39.4 Å². The molecule has 1 unspecified atom stereocenters. The fourth-order valence-electron chi connectivity index (χ4n) is 3.90. The van der Waals surface area contributed by atoms with E-state index >= 15 is 0 Å². The summed E-state index contributed by atoms with van der Waals surface area (Å²) in [6.07, 6.45) is 3.36. The van der Waals surface area contributed by atoms with E-state index in [-0.39, 0.29) is 23.9 Å². The van der Waals surface area contributed by atoms with E-state index in [2.05, 4.69) is 10.1 Å². The minimum absolute atomic E-state index is 0.173. The van der Waals surface area contributed by atoms with Crippen LogP contribution >= 0.6 is 0 Å². The fraction of sp³-hybridized carbons (Fsp3) is 0.529. The van der Waals surface area contributed by atoms with E-state index in [0.29, 0.717) is 37.5 Å². The quantitative estimate of drug-likeness (QED) is 0.769. The monoisotopic (exact) mass is 395 g/mol. The molecule has 2 aromatic rings. The van der Waals surface area contributed by atoms with Crippen LogP contribution < -0.4 is 4.90 Å². The molecule has 4 rings (SSSR count). The molecule has 2 aliphatic rings. The standard InChI is InChI=1S/C17H22FN5O3S/c1-13-9-16(21(2)20-13)27(24,25)23-7-8-26-17(12-23)4-6-22(11-17)15-3-5-19-10-14(15)18/h3,5,9-10H,4,6-8,11-12H2,1-2H3. The van der Waals surface area contributed by atoms with Crippen molar-refractivity contribution in [1.82, 2.24) is 19.1 Å². The molecule has 1 atom stereocenters. The second kappa shape index (κ2) is 6.54. The van der Waals surface area contributed by atoms with Gasteiger partial charge in [-0.1, -0.05) is 0 Å². The van der Waals surface area contributed by atoms with Crippen LogP contribution in [0.15, 0.2) is 29.6 Å². The first-order chi connectivity index (χ1) is 12.8. The Labute approximate surface area is 157 Å². The summed E-state index contributed by atoms with van der Waals surface area (Å²) in [5.74, 6) is -0.389. The van der Waals surface area contributed by atoms with Gasteiger partial charge in [-0.25, -0.2) is 12.8 Å². The van der Waals surface area contributed by atoms with Gasteiger partial charge in [-0.2, -0.15) is 9.40 Å². The van der Waals surface area contributed by atoms with Gasteiger partial charge in [-0.15, -0.1) is 0 Å². The van der Waals surface area contributed by atoms with E-state index in [4.69, 9.17) is 4.74 Å². The Morgan fingerprint density at radius 3 is 2.81 bits per heavy atom. The third kappa shape index (κ3) is 3.21. The molecule has 0 radical (unpaired) electrons. The minimum atomic E-state index is -3.67. The molecule has 0 bridgehead atoms. The van der Waals surface area contributed by atoms with Crippen LogP contribution in [0.3, 0.4) is 0 Å². The largest absolute Gasteiger partial charge is 0.370 e. The zero-order chi connectivity index (χ0) is 19.2. The molecule has 0 N–H and O–H groups in total. The molecule has 2 saturated heterocycles. The Bertz CT molecular complexity index is 963. The minimum Gasteiger partial charge on any atom is -0.370 e. The second-order valence-electron chi connectivity index (χ2n) is 7.12. The van der Waals surface area contributed by atoms with Crippen LogP contribution in [0.5, 0.6) is 0 Å². The highest BCUT2D eigenvalue weighted by Gasteiger charge is 2.46. The van der Waals surface area contributed by atoms with Gasteiger partial charge in [0.2, 0.25) is 0 Å². The number of anilines is 1. The predicted octanol–water partition coefficient (Wildman–Crippen LogP) is 0.933. The number of hydrogen-bond donors (Lipinski definition) is 0. The van der Waals surface area contributed by atoms with E-state index in [1.54, 1.807) is 32.3 Å². The van der Waals surface area contributed by atoms with Gasteiger partial charge >= 0.3 is 0 Å². The maximum Gasteiger partial charge on any atom is 0.260 e. The van der Waals surface area contributed by atoms with E-state index < -0.39 is 15.6 Å². The van der Waals surface area contributed by atoms with Crippen molar-refractivity contribution < 1.29 is 17.5 Å². The maximum absolute atomic E-state index is 14.1. The van der Waals surface area contributed by atoms with Crippen LogP contribution in [0, 0.1) is 12.7 Å². The number of ether oxygens (including phenoxy) is 1. The molecular weight excluding hydrogens is 373 g/mol. The Balaban J connectivity index is 1.57. The van der Waals surface area contributed by atoms with Gasteiger partial charge < -0.3 is 9.64 Å². The summed E-state index contributed by atoms with van der Waals surface area (Å²) in [6.45, 7) is 3.63. The number of nitrogens with zero attached hydrogens (tertiary/aromatic N) is 5. The van der Waals surface area contributed by atoms with Gasteiger partial charge in [0.25, 0.3) is 10.0 Å². The lowest BCUT2D eigenvalue weighted by Gasteiger charge is -2.39. The molecule has 2 aromatic heterocycles. The molecule has 27 heavy (non-hydrogen) atoms. The van der Waals surface area contributed by atoms with Crippen LogP contribution in [-0.4, -0.2) is 65.9 Å². The van der Waals surface area contributed by atoms with Crippen molar-refractivity contribution in [2.45, 2.75) is 24.0 Å². The topological polar surface area (TPSA) is 80.6 Å². The molecule has 10 heteroatoms. The Hall–Kier alpha value is -2.04. The summed E-state index contributed by atoms with van der Waals surface area (Å²) in [6, 6.07) is 3.20. The van der Waals surface area contributed by atoms with Gasteiger partial charge in [-0.05, 0) is 25.5 Å².